The van der Waals surface area contributed by atoms with Gasteiger partial charge in [0.2, 0.25) is 0 Å². The van der Waals surface area contributed by atoms with Crippen molar-refractivity contribution in [2.45, 2.75) is 59.0 Å². The third-order valence-electron chi connectivity index (χ3n) is 5.45. The van der Waals surface area contributed by atoms with Crippen molar-refractivity contribution in [3.8, 4) is 0 Å². The van der Waals surface area contributed by atoms with Gasteiger partial charge in [0.25, 0.3) is 0 Å². The molecule has 0 aliphatic heterocycles. The molecule has 0 aromatic heterocycles. The van der Waals surface area contributed by atoms with Crippen LogP contribution in [0.2, 0.25) is 0 Å². The summed E-state index contributed by atoms with van der Waals surface area (Å²) in [7, 11) is 0. The number of nitrogens with one attached hydrogen (secondary N) is 2. The molecule has 0 aromatic rings. The highest BCUT2D eigenvalue weighted by Gasteiger charge is 2.65. The van der Waals surface area contributed by atoms with Crippen molar-refractivity contribution < 1.29 is 14.7 Å². The van der Waals surface area contributed by atoms with Crippen molar-refractivity contribution in [3.63, 3.8) is 0 Å². The van der Waals surface area contributed by atoms with E-state index in [1.165, 1.54) is 0 Å². The van der Waals surface area contributed by atoms with Crippen LogP contribution in [-0.2, 0) is 4.79 Å². The minimum absolute atomic E-state index is 0.0895. The molecular weight excluding hydrogens is 244 g/mol. The van der Waals surface area contributed by atoms with Crippen molar-refractivity contribution in [2.75, 3.05) is 0 Å². The fourth-order valence-electron chi connectivity index (χ4n) is 3.33. The molecule has 0 radical (unpaired) electrons. The van der Waals surface area contributed by atoms with Crippen molar-refractivity contribution in [1.82, 2.24) is 10.6 Å². The van der Waals surface area contributed by atoms with Crippen LogP contribution in [0.5, 0.6) is 0 Å². The van der Waals surface area contributed by atoms with Crippen LogP contribution in [-0.4, -0.2) is 29.2 Å². The highest BCUT2D eigenvalue weighted by atomic mass is 16.4. The number of hydrogen-bond donors (Lipinski definition) is 3. The van der Waals surface area contributed by atoms with Crippen molar-refractivity contribution in [3.05, 3.63) is 0 Å². The van der Waals surface area contributed by atoms with Gasteiger partial charge in [-0.3, -0.25) is 4.79 Å². The maximum atomic E-state index is 12.0. The Morgan fingerprint density at radius 1 is 1.05 bits per heavy atom. The number of urea groups is 1. The molecule has 3 N–H and O–H groups in total. The van der Waals surface area contributed by atoms with E-state index in [0.29, 0.717) is 6.42 Å². The van der Waals surface area contributed by atoms with E-state index in [-0.39, 0.29) is 28.9 Å². The summed E-state index contributed by atoms with van der Waals surface area (Å²) >= 11 is 0. The number of rotatable bonds is 3. The Labute approximate surface area is 114 Å². The average molecular weight is 268 g/mol. The maximum Gasteiger partial charge on any atom is 0.315 e. The first kappa shape index (κ1) is 14.2. The van der Waals surface area contributed by atoms with Gasteiger partial charge in [0.1, 0.15) is 0 Å². The van der Waals surface area contributed by atoms with Crippen LogP contribution in [0.1, 0.15) is 47.0 Å². The van der Waals surface area contributed by atoms with Crippen LogP contribution in [0.25, 0.3) is 0 Å². The van der Waals surface area contributed by atoms with E-state index in [1.54, 1.807) is 0 Å². The second-order valence-corrected chi connectivity index (χ2v) is 6.98. The molecule has 2 amide bonds. The summed E-state index contributed by atoms with van der Waals surface area (Å²) in [4.78, 5) is 23.0. The molecule has 2 saturated carbocycles. The quantitative estimate of drug-likeness (QED) is 0.732. The molecule has 2 unspecified atom stereocenters. The second-order valence-electron chi connectivity index (χ2n) is 6.98. The summed E-state index contributed by atoms with van der Waals surface area (Å²) in [6.07, 6.45) is 2.27. The minimum atomic E-state index is -0.810. The first-order chi connectivity index (χ1) is 8.68. The molecule has 2 fully saturated rings. The predicted octanol–water partition coefficient (Wildman–Crippen LogP) is 1.97. The molecule has 5 heteroatoms. The van der Waals surface area contributed by atoms with Gasteiger partial charge in [-0.2, -0.15) is 0 Å². The lowest BCUT2D eigenvalue weighted by molar-refractivity contribution is -0.142. The van der Waals surface area contributed by atoms with Crippen molar-refractivity contribution >= 4 is 12.0 Å². The van der Waals surface area contributed by atoms with Crippen molar-refractivity contribution in [1.29, 1.82) is 0 Å². The monoisotopic (exact) mass is 268 g/mol. The van der Waals surface area contributed by atoms with Crippen LogP contribution in [0.15, 0.2) is 0 Å². The van der Waals surface area contributed by atoms with E-state index in [9.17, 15) is 9.59 Å². The molecule has 19 heavy (non-hydrogen) atoms. The standard InChI is InChI=1S/C14H24N2O3/c1-13(2)11(14(13,3)4)16-12(19)15-9-7-5-6-8(9)10(17)18/h8-9,11H,5-7H2,1-4H3,(H,17,18)(H2,15,16,19). The Balaban J connectivity index is 1.88. The molecule has 0 spiro atoms. The molecule has 2 atom stereocenters. The molecule has 108 valence electrons. The lowest BCUT2D eigenvalue weighted by Gasteiger charge is -2.18. The zero-order chi connectivity index (χ0) is 14.4. The van der Waals surface area contributed by atoms with Gasteiger partial charge < -0.3 is 15.7 Å². The van der Waals surface area contributed by atoms with E-state index in [2.05, 4.69) is 38.3 Å². The van der Waals surface area contributed by atoms with E-state index in [0.717, 1.165) is 12.8 Å². The maximum absolute atomic E-state index is 12.0. The van der Waals surface area contributed by atoms with E-state index < -0.39 is 11.9 Å². The van der Waals surface area contributed by atoms with Crippen LogP contribution < -0.4 is 10.6 Å². The first-order valence-corrected chi connectivity index (χ1v) is 6.98. The Hall–Kier alpha value is -1.26. The highest BCUT2D eigenvalue weighted by molar-refractivity contribution is 5.77. The third-order valence-corrected chi connectivity index (χ3v) is 5.45. The fraction of sp³-hybridized carbons (Fsp3) is 0.857. The second kappa shape index (κ2) is 4.39. The molecular formula is C14H24N2O3. The number of carbonyl (C=O) groups is 2. The molecule has 0 saturated heterocycles. The summed E-state index contributed by atoms with van der Waals surface area (Å²) in [6.45, 7) is 8.53. The molecule has 2 aliphatic carbocycles. The number of hydrogen-bond acceptors (Lipinski definition) is 2. The predicted molar refractivity (Wildman–Crippen MR) is 71.8 cm³/mol. The summed E-state index contributed by atoms with van der Waals surface area (Å²) in [5.74, 6) is -1.25. The van der Waals surface area contributed by atoms with Crippen molar-refractivity contribution in [2.24, 2.45) is 16.7 Å². The largest absolute Gasteiger partial charge is 0.481 e. The fourth-order valence-corrected chi connectivity index (χ4v) is 3.33. The number of carbonyl (C=O) groups excluding carboxylic acids is 1. The van der Waals surface area contributed by atoms with Gasteiger partial charge in [-0.1, -0.05) is 34.1 Å². The Morgan fingerprint density at radius 2 is 1.63 bits per heavy atom. The Morgan fingerprint density at radius 3 is 2.11 bits per heavy atom. The summed E-state index contributed by atoms with van der Waals surface area (Å²) in [5, 5.41) is 14.9. The lowest BCUT2D eigenvalue weighted by Crippen LogP contribution is -2.47. The van der Waals surface area contributed by atoms with Gasteiger partial charge in [-0.15, -0.1) is 0 Å². The van der Waals surface area contributed by atoms with Gasteiger partial charge in [-0.25, -0.2) is 4.79 Å². The highest BCUT2D eigenvalue weighted by Crippen LogP contribution is 2.62. The Kier molecular flexibility index (Phi) is 3.27. The van der Waals surface area contributed by atoms with Crippen LogP contribution in [0.3, 0.4) is 0 Å². The van der Waals surface area contributed by atoms with Gasteiger partial charge in [-0.05, 0) is 23.7 Å². The summed E-state index contributed by atoms with van der Waals surface area (Å²) < 4.78 is 0. The normalized spacial score (nSPS) is 31.8. The van der Waals surface area contributed by atoms with Crippen LogP contribution in [0.4, 0.5) is 4.79 Å². The minimum Gasteiger partial charge on any atom is -0.481 e. The van der Waals surface area contributed by atoms with Gasteiger partial charge in [0.05, 0.1) is 5.92 Å². The van der Waals surface area contributed by atoms with Gasteiger partial charge in [0.15, 0.2) is 0 Å². The summed E-state index contributed by atoms with van der Waals surface area (Å²) in [5.41, 5.74) is 0.179. The number of aliphatic carboxylic acids is 1. The molecule has 5 nitrogen and oxygen atoms in total. The van der Waals surface area contributed by atoms with Crippen LogP contribution >= 0.6 is 0 Å². The third kappa shape index (κ3) is 2.30. The number of amides is 2. The molecule has 0 bridgehead atoms. The zero-order valence-electron chi connectivity index (χ0n) is 12.1. The molecule has 2 rings (SSSR count). The van der Waals surface area contributed by atoms with E-state index in [4.69, 9.17) is 5.11 Å². The zero-order valence-corrected chi connectivity index (χ0v) is 12.1. The topological polar surface area (TPSA) is 78.4 Å². The number of carboxylic acids is 1. The van der Waals surface area contributed by atoms with E-state index >= 15 is 0 Å². The first-order valence-electron chi connectivity index (χ1n) is 6.98. The van der Waals surface area contributed by atoms with Crippen LogP contribution in [0, 0.1) is 16.7 Å². The summed E-state index contributed by atoms with van der Waals surface area (Å²) in [6, 6.07) is -0.325. The number of carboxylic acid groups (broad SMARTS) is 1. The molecule has 0 heterocycles. The lowest BCUT2D eigenvalue weighted by atomic mass is 10.0. The van der Waals surface area contributed by atoms with Gasteiger partial charge in [0, 0.05) is 12.1 Å². The molecule has 0 aromatic carbocycles. The average Bonchev–Trinajstić information content (AvgIpc) is 2.69. The SMILES string of the molecule is CC1(C)C(NC(=O)NC2CCCC2C(=O)O)C1(C)C. The smallest absolute Gasteiger partial charge is 0.315 e. The molecule has 2 aliphatic rings. The Bertz CT molecular complexity index is 389. The van der Waals surface area contributed by atoms with Gasteiger partial charge >= 0.3 is 12.0 Å². The van der Waals surface area contributed by atoms with E-state index in [1.807, 2.05) is 0 Å².